The number of alkyl halides is 1. The molecule has 0 aliphatic carbocycles. The molecule has 0 heterocycles. The van der Waals surface area contributed by atoms with Crippen molar-refractivity contribution in [2.45, 2.75) is 33.1 Å². The molecule has 1 aromatic carbocycles. The van der Waals surface area contributed by atoms with Gasteiger partial charge in [-0.05, 0) is 23.5 Å². The van der Waals surface area contributed by atoms with Gasteiger partial charge in [-0.25, -0.2) is 0 Å². The molecule has 1 rings (SSSR count). The third-order valence-electron chi connectivity index (χ3n) is 3.14. The van der Waals surface area contributed by atoms with E-state index in [1.54, 1.807) is 4.90 Å². The first-order chi connectivity index (χ1) is 9.82. The second-order valence-corrected chi connectivity index (χ2v) is 6.13. The van der Waals surface area contributed by atoms with Crippen LogP contribution < -0.4 is 4.90 Å². The van der Waals surface area contributed by atoms with Gasteiger partial charge in [0.25, 0.3) is 0 Å². The van der Waals surface area contributed by atoms with Crippen LogP contribution >= 0.6 is 11.6 Å². The second kappa shape index (κ2) is 7.49. The molecule has 3 nitrogen and oxygen atoms in total. The Hall–Kier alpha value is -1.50. The molecular formula is C17H22ClNO2. The smallest absolute Gasteiger partial charge is 0.243 e. The number of aryl methyl sites for hydroxylation is 1. The summed E-state index contributed by atoms with van der Waals surface area (Å²) in [6, 6.07) is 5.99. The highest BCUT2D eigenvalue weighted by Gasteiger charge is 2.25. The number of anilines is 1. The number of hydrogen-bond acceptors (Lipinski definition) is 2. The summed E-state index contributed by atoms with van der Waals surface area (Å²) in [4.78, 5) is 13.8. The number of rotatable bonds is 5. The summed E-state index contributed by atoms with van der Waals surface area (Å²) in [6.45, 7) is 8.55. The standard InChI is InChI=1S/C17H22ClNO2/c1-6-10-21-12-19(15(20)11-18)16-13(2)8-7-9-14(16)17(3,4)5/h1,7-9H,10-12H2,2-5H3. The van der Waals surface area contributed by atoms with Crippen LogP contribution in [0.25, 0.3) is 0 Å². The Morgan fingerprint density at radius 1 is 1.43 bits per heavy atom. The Morgan fingerprint density at radius 3 is 2.62 bits per heavy atom. The molecule has 0 aromatic heterocycles. The molecule has 0 saturated carbocycles. The van der Waals surface area contributed by atoms with Crippen LogP contribution in [0.1, 0.15) is 31.9 Å². The number of ether oxygens (including phenoxy) is 1. The van der Waals surface area contributed by atoms with Crippen molar-refractivity contribution >= 4 is 23.2 Å². The van der Waals surface area contributed by atoms with Crippen molar-refractivity contribution in [2.75, 3.05) is 24.1 Å². The van der Waals surface area contributed by atoms with Crippen molar-refractivity contribution in [3.05, 3.63) is 29.3 Å². The van der Waals surface area contributed by atoms with Gasteiger partial charge in [-0.15, -0.1) is 18.0 Å². The monoisotopic (exact) mass is 307 g/mol. The molecule has 1 aromatic rings. The number of hydrogen-bond donors (Lipinski definition) is 0. The fourth-order valence-corrected chi connectivity index (χ4v) is 2.30. The van der Waals surface area contributed by atoms with Gasteiger partial charge in [0, 0.05) is 0 Å². The first kappa shape index (κ1) is 17.6. The zero-order valence-electron chi connectivity index (χ0n) is 13.1. The highest BCUT2D eigenvalue weighted by atomic mass is 35.5. The van der Waals surface area contributed by atoms with Gasteiger partial charge in [-0.3, -0.25) is 9.69 Å². The Morgan fingerprint density at radius 2 is 2.10 bits per heavy atom. The van der Waals surface area contributed by atoms with Gasteiger partial charge in [-0.1, -0.05) is 44.9 Å². The van der Waals surface area contributed by atoms with Gasteiger partial charge in [0.2, 0.25) is 5.91 Å². The number of carbonyl (C=O) groups is 1. The third-order valence-corrected chi connectivity index (χ3v) is 3.37. The summed E-state index contributed by atoms with van der Waals surface area (Å²) >= 11 is 5.74. The summed E-state index contributed by atoms with van der Waals surface area (Å²) in [5.74, 6) is 2.10. The number of halogens is 1. The topological polar surface area (TPSA) is 29.5 Å². The zero-order valence-corrected chi connectivity index (χ0v) is 13.8. The Balaban J connectivity index is 3.30. The maximum absolute atomic E-state index is 12.2. The molecule has 0 spiro atoms. The molecule has 0 saturated heterocycles. The fourth-order valence-electron chi connectivity index (χ4n) is 2.15. The van der Waals surface area contributed by atoms with E-state index in [9.17, 15) is 4.79 Å². The predicted molar refractivity (Wildman–Crippen MR) is 87.7 cm³/mol. The number of terminal acetylenes is 1. The molecule has 0 aliphatic rings. The zero-order chi connectivity index (χ0) is 16.0. The SMILES string of the molecule is C#CCOCN(C(=O)CCl)c1c(C)cccc1C(C)(C)C. The average Bonchev–Trinajstić information content (AvgIpc) is 2.42. The van der Waals surface area contributed by atoms with E-state index in [1.807, 2.05) is 25.1 Å². The number of nitrogens with zero attached hydrogens (tertiary/aromatic N) is 1. The van der Waals surface area contributed by atoms with Crippen molar-refractivity contribution in [1.82, 2.24) is 0 Å². The minimum atomic E-state index is -0.200. The number of carbonyl (C=O) groups excluding carboxylic acids is 1. The van der Waals surface area contributed by atoms with Crippen LogP contribution in [-0.2, 0) is 14.9 Å². The molecule has 0 bridgehead atoms. The lowest BCUT2D eigenvalue weighted by Crippen LogP contribution is -2.36. The minimum Gasteiger partial charge on any atom is -0.348 e. The fraction of sp³-hybridized carbons (Fsp3) is 0.471. The molecule has 114 valence electrons. The number of benzene rings is 1. The Labute approximate surface area is 132 Å². The highest BCUT2D eigenvalue weighted by molar-refractivity contribution is 6.29. The van der Waals surface area contributed by atoms with Crippen LogP contribution in [0.15, 0.2) is 18.2 Å². The van der Waals surface area contributed by atoms with E-state index in [4.69, 9.17) is 22.8 Å². The molecular weight excluding hydrogens is 286 g/mol. The van der Waals surface area contributed by atoms with Crippen molar-refractivity contribution in [3.8, 4) is 12.3 Å². The van der Waals surface area contributed by atoms with Crippen molar-refractivity contribution in [3.63, 3.8) is 0 Å². The van der Waals surface area contributed by atoms with E-state index < -0.39 is 0 Å². The summed E-state index contributed by atoms with van der Waals surface area (Å²) in [5.41, 5.74) is 2.83. The van der Waals surface area contributed by atoms with Crippen LogP contribution in [0, 0.1) is 19.3 Å². The summed E-state index contributed by atoms with van der Waals surface area (Å²) in [6.07, 6.45) is 5.19. The molecule has 21 heavy (non-hydrogen) atoms. The normalized spacial score (nSPS) is 11.0. The molecule has 0 unspecified atom stereocenters. The molecule has 0 N–H and O–H groups in total. The van der Waals surface area contributed by atoms with Gasteiger partial charge in [0.1, 0.15) is 19.2 Å². The first-order valence-electron chi connectivity index (χ1n) is 6.80. The Kier molecular flexibility index (Phi) is 6.26. The van der Waals surface area contributed by atoms with E-state index >= 15 is 0 Å². The van der Waals surface area contributed by atoms with E-state index in [2.05, 4.69) is 26.7 Å². The highest BCUT2D eigenvalue weighted by Crippen LogP contribution is 2.34. The summed E-state index contributed by atoms with van der Waals surface area (Å²) in [5, 5.41) is 0. The van der Waals surface area contributed by atoms with Gasteiger partial charge in [0.15, 0.2) is 0 Å². The van der Waals surface area contributed by atoms with E-state index in [-0.39, 0.29) is 30.5 Å². The number of para-hydroxylation sites is 1. The van der Waals surface area contributed by atoms with Crippen molar-refractivity contribution in [1.29, 1.82) is 0 Å². The Bertz CT molecular complexity index is 541. The van der Waals surface area contributed by atoms with Gasteiger partial charge in [0.05, 0.1) is 5.69 Å². The molecule has 4 heteroatoms. The second-order valence-electron chi connectivity index (χ2n) is 5.86. The van der Waals surface area contributed by atoms with Crippen molar-refractivity contribution < 1.29 is 9.53 Å². The van der Waals surface area contributed by atoms with Crippen LogP contribution in [0.3, 0.4) is 0 Å². The molecule has 0 atom stereocenters. The molecule has 1 amide bonds. The van der Waals surface area contributed by atoms with Gasteiger partial charge >= 0.3 is 0 Å². The summed E-state index contributed by atoms with van der Waals surface area (Å²) in [7, 11) is 0. The van der Waals surface area contributed by atoms with E-state index in [0.29, 0.717) is 0 Å². The maximum Gasteiger partial charge on any atom is 0.243 e. The minimum absolute atomic E-state index is 0.0989. The molecule has 0 aliphatic heterocycles. The van der Waals surface area contributed by atoms with E-state index in [0.717, 1.165) is 16.8 Å². The molecule has 0 fully saturated rings. The quantitative estimate of drug-likeness (QED) is 0.361. The largest absolute Gasteiger partial charge is 0.348 e. The number of amides is 1. The van der Waals surface area contributed by atoms with Crippen LogP contribution in [-0.4, -0.2) is 25.1 Å². The van der Waals surface area contributed by atoms with Crippen molar-refractivity contribution in [2.24, 2.45) is 0 Å². The predicted octanol–water partition coefficient (Wildman–Crippen LogP) is 3.47. The van der Waals surface area contributed by atoms with Crippen LogP contribution in [0.4, 0.5) is 5.69 Å². The average molecular weight is 308 g/mol. The lowest BCUT2D eigenvalue weighted by Gasteiger charge is -2.31. The first-order valence-corrected chi connectivity index (χ1v) is 7.34. The van der Waals surface area contributed by atoms with Crippen LogP contribution in [0.2, 0.25) is 0 Å². The summed E-state index contributed by atoms with van der Waals surface area (Å²) < 4.78 is 5.36. The lowest BCUT2D eigenvalue weighted by atomic mass is 9.84. The van der Waals surface area contributed by atoms with Gasteiger partial charge < -0.3 is 4.74 Å². The van der Waals surface area contributed by atoms with E-state index in [1.165, 1.54) is 0 Å². The maximum atomic E-state index is 12.2. The molecule has 0 radical (unpaired) electrons. The van der Waals surface area contributed by atoms with Gasteiger partial charge in [-0.2, -0.15) is 0 Å². The lowest BCUT2D eigenvalue weighted by molar-refractivity contribution is -0.117. The third kappa shape index (κ3) is 4.49. The van der Waals surface area contributed by atoms with Crippen LogP contribution in [0.5, 0.6) is 0 Å².